The van der Waals surface area contributed by atoms with Crippen LogP contribution in [0.5, 0.6) is 0 Å². The van der Waals surface area contributed by atoms with Crippen molar-refractivity contribution in [1.82, 2.24) is 10.2 Å². The largest absolute Gasteiger partial charge is 0.352 e. The lowest BCUT2D eigenvalue weighted by Crippen LogP contribution is -2.49. The van der Waals surface area contributed by atoms with Crippen molar-refractivity contribution >= 4 is 46.8 Å². The Morgan fingerprint density at radius 1 is 1.10 bits per heavy atom. The van der Waals surface area contributed by atoms with Crippen LogP contribution in [0.25, 0.3) is 0 Å². The van der Waals surface area contributed by atoms with E-state index in [1.54, 1.807) is 41.8 Å². The fraction of sp³-hybridized carbons (Fsp3) is 0.417. The number of hydrogen-bond donors (Lipinski definition) is 1. The molecule has 2 aromatic carbocycles. The van der Waals surface area contributed by atoms with Crippen molar-refractivity contribution in [3.8, 4) is 0 Å². The Labute approximate surface area is 199 Å². The highest BCUT2D eigenvalue weighted by atomic mass is 35.5. The lowest BCUT2D eigenvalue weighted by Gasteiger charge is -2.30. The Morgan fingerprint density at radius 2 is 1.77 bits per heavy atom. The molecule has 0 saturated carbocycles. The van der Waals surface area contributed by atoms with Gasteiger partial charge in [0.2, 0.25) is 11.8 Å². The highest BCUT2D eigenvalue weighted by Gasteiger charge is 2.27. The van der Waals surface area contributed by atoms with E-state index in [0.29, 0.717) is 22.2 Å². The van der Waals surface area contributed by atoms with Crippen molar-refractivity contribution in [3.63, 3.8) is 0 Å². The summed E-state index contributed by atoms with van der Waals surface area (Å²) in [6.45, 7) is 8.01. The molecule has 2 rings (SSSR count). The van der Waals surface area contributed by atoms with Gasteiger partial charge in [-0.05, 0) is 57.0 Å². The standard InChI is InChI=1S/C24H30Cl2N2O2S/c1-5-17(3)27-24(30)18(4)28(15-19-8-9-20(25)14-22(19)26)23(29)12-13-31-21-10-6-16(2)7-11-21/h6-11,14,17-18H,5,12-13,15H2,1-4H3,(H,27,30). The summed E-state index contributed by atoms with van der Waals surface area (Å²) in [7, 11) is 0. The summed E-state index contributed by atoms with van der Waals surface area (Å²) in [5.74, 6) is 0.378. The minimum atomic E-state index is -0.613. The molecule has 168 valence electrons. The summed E-state index contributed by atoms with van der Waals surface area (Å²) in [4.78, 5) is 28.6. The number of rotatable bonds is 10. The van der Waals surface area contributed by atoms with Gasteiger partial charge in [-0.2, -0.15) is 0 Å². The second-order valence-corrected chi connectivity index (χ2v) is 9.67. The molecule has 4 nitrogen and oxygen atoms in total. The highest BCUT2D eigenvalue weighted by molar-refractivity contribution is 7.99. The SMILES string of the molecule is CCC(C)NC(=O)C(C)N(Cc1ccc(Cl)cc1Cl)C(=O)CCSc1ccc(C)cc1. The van der Waals surface area contributed by atoms with E-state index in [1.165, 1.54) is 5.56 Å². The number of aryl methyl sites for hydroxylation is 1. The Kier molecular flexibility index (Phi) is 10.2. The Morgan fingerprint density at radius 3 is 2.39 bits per heavy atom. The van der Waals surface area contributed by atoms with E-state index in [4.69, 9.17) is 23.2 Å². The Bertz CT molecular complexity index is 890. The van der Waals surface area contributed by atoms with Gasteiger partial charge in [-0.15, -0.1) is 11.8 Å². The van der Waals surface area contributed by atoms with Crippen LogP contribution in [0.15, 0.2) is 47.4 Å². The smallest absolute Gasteiger partial charge is 0.242 e. The zero-order chi connectivity index (χ0) is 23.0. The predicted octanol–water partition coefficient (Wildman–Crippen LogP) is 6.12. The van der Waals surface area contributed by atoms with Crippen LogP contribution in [0.3, 0.4) is 0 Å². The normalized spacial score (nSPS) is 12.8. The molecule has 0 spiro atoms. The number of benzene rings is 2. The average Bonchev–Trinajstić information content (AvgIpc) is 2.73. The van der Waals surface area contributed by atoms with E-state index in [0.717, 1.165) is 16.9 Å². The topological polar surface area (TPSA) is 49.4 Å². The van der Waals surface area contributed by atoms with Gasteiger partial charge in [0.1, 0.15) is 6.04 Å². The molecule has 0 fully saturated rings. The van der Waals surface area contributed by atoms with E-state index in [-0.39, 0.29) is 24.4 Å². The van der Waals surface area contributed by atoms with Crippen LogP contribution in [-0.2, 0) is 16.1 Å². The highest BCUT2D eigenvalue weighted by Crippen LogP contribution is 2.24. The first kappa shape index (κ1) is 25.6. The lowest BCUT2D eigenvalue weighted by molar-refractivity contribution is -0.140. The van der Waals surface area contributed by atoms with Crippen molar-refractivity contribution in [3.05, 3.63) is 63.6 Å². The molecular weight excluding hydrogens is 451 g/mol. The zero-order valence-corrected chi connectivity index (χ0v) is 20.8. The number of nitrogens with zero attached hydrogens (tertiary/aromatic N) is 1. The van der Waals surface area contributed by atoms with Gasteiger partial charge in [0, 0.05) is 39.7 Å². The molecule has 0 radical (unpaired) electrons. The average molecular weight is 481 g/mol. The quantitative estimate of drug-likeness (QED) is 0.416. The minimum absolute atomic E-state index is 0.0446. The van der Waals surface area contributed by atoms with Gasteiger partial charge in [0.05, 0.1) is 0 Å². The summed E-state index contributed by atoms with van der Waals surface area (Å²) in [6, 6.07) is 12.8. The fourth-order valence-corrected chi connectivity index (χ4v) is 4.23. The van der Waals surface area contributed by atoms with Crippen molar-refractivity contribution in [2.24, 2.45) is 0 Å². The summed E-state index contributed by atoms with van der Waals surface area (Å²) in [6.07, 6.45) is 1.15. The summed E-state index contributed by atoms with van der Waals surface area (Å²) in [5, 5.41) is 3.98. The number of halogens is 2. The molecule has 31 heavy (non-hydrogen) atoms. The van der Waals surface area contributed by atoms with Crippen LogP contribution < -0.4 is 5.32 Å². The number of thioether (sulfide) groups is 1. The molecule has 7 heteroatoms. The monoisotopic (exact) mass is 480 g/mol. The first-order valence-electron chi connectivity index (χ1n) is 10.4. The first-order valence-corrected chi connectivity index (χ1v) is 12.2. The summed E-state index contributed by atoms with van der Waals surface area (Å²) < 4.78 is 0. The molecule has 0 aromatic heterocycles. The van der Waals surface area contributed by atoms with Crippen LogP contribution in [0.2, 0.25) is 10.0 Å². The maximum absolute atomic E-state index is 13.1. The van der Waals surface area contributed by atoms with Gasteiger partial charge in [0.25, 0.3) is 0 Å². The van der Waals surface area contributed by atoms with Crippen LogP contribution in [0.1, 0.15) is 44.7 Å². The molecule has 0 aliphatic rings. The first-order chi connectivity index (χ1) is 14.7. The molecule has 0 saturated heterocycles. The van der Waals surface area contributed by atoms with Gasteiger partial charge in [-0.3, -0.25) is 9.59 Å². The van der Waals surface area contributed by atoms with E-state index < -0.39 is 6.04 Å². The third-order valence-corrected chi connectivity index (χ3v) is 6.73. The van der Waals surface area contributed by atoms with Gasteiger partial charge in [-0.25, -0.2) is 0 Å². The molecule has 2 unspecified atom stereocenters. The third-order valence-electron chi connectivity index (χ3n) is 5.13. The van der Waals surface area contributed by atoms with Gasteiger partial charge < -0.3 is 10.2 Å². The zero-order valence-electron chi connectivity index (χ0n) is 18.5. The van der Waals surface area contributed by atoms with Crippen molar-refractivity contribution in [1.29, 1.82) is 0 Å². The van der Waals surface area contributed by atoms with Crippen LogP contribution in [-0.4, -0.2) is 34.6 Å². The molecule has 0 aliphatic carbocycles. The number of hydrogen-bond acceptors (Lipinski definition) is 3. The van der Waals surface area contributed by atoms with Gasteiger partial charge in [-0.1, -0.05) is 53.9 Å². The lowest BCUT2D eigenvalue weighted by atomic mass is 10.1. The number of carbonyl (C=O) groups excluding carboxylic acids is 2. The fourth-order valence-electron chi connectivity index (χ4n) is 2.92. The van der Waals surface area contributed by atoms with Crippen LogP contribution in [0, 0.1) is 6.92 Å². The van der Waals surface area contributed by atoms with E-state index >= 15 is 0 Å². The number of amides is 2. The van der Waals surface area contributed by atoms with Crippen molar-refractivity contribution in [2.75, 3.05) is 5.75 Å². The van der Waals surface area contributed by atoms with E-state index in [1.807, 2.05) is 20.8 Å². The second-order valence-electron chi connectivity index (χ2n) is 7.66. The third kappa shape index (κ3) is 8.06. The molecule has 1 N–H and O–H groups in total. The number of carbonyl (C=O) groups is 2. The van der Waals surface area contributed by atoms with Gasteiger partial charge in [0.15, 0.2) is 0 Å². The molecular formula is C24H30Cl2N2O2S. The minimum Gasteiger partial charge on any atom is -0.352 e. The molecule has 2 aromatic rings. The predicted molar refractivity (Wildman–Crippen MR) is 131 cm³/mol. The van der Waals surface area contributed by atoms with E-state index in [9.17, 15) is 9.59 Å². The second kappa shape index (κ2) is 12.4. The molecule has 2 atom stereocenters. The Balaban J connectivity index is 2.11. The molecule has 2 amide bonds. The molecule has 0 heterocycles. The van der Waals surface area contributed by atoms with Gasteiger partial charge >= 0.3 is 0 Å². The van der Waals surface area contributed by atoms with Crippen molar-refractivity contribution < 1.29 is 9.59 Å². The maximum atomic E-state index is 13.1. The molecule has 0 aliphatic heterocycles. The Hall–Kier alpha value is -1.69. The number of nitrogens with one attached hydrogen (secondary N) is 1. The van der Waals surface area contributed by atoms with Crippen LogP contribution in [0.4, 0.5) is 0 Å². The maximum Gasteiger partial charge on any atom is 0.242 e. The van der Waals surface area contributed by atoms with Crippen LogP contribution >= 0.6 is 35.0 Å². The van der Waals surface area contributed by atoms with E-state index in [2.05, 4.69) is 29.6 Å². The summed E-state index contributed by atoms with van der Waals surface area (Å²) in [5.41, 5.74) is 1.96. The molecule has 0 bridgehead atoms. The summed E-state index contributed by atoms with van der Waals surface area (Å²) >= 11 is 14.0. The van der Waals surface area contributed by atoms with Crippen molar-refractivity contribution in [2.45, 2.75) is 64.1 Å².